The van der Waals surface area contributed by atoms with Gasteiger partial charge in [-0.3, -0.25) is 4.79 Å². The number of ether oxygens (including phenoxy) is 3. The Morgan fingerprint density at radius 1 is 0.939 bits per heavy atom. The molecule has 4 heterocycles. The summed E-state index contributed by atoms with van der Waals surface area (Å²) in [7, 11) is 0. The van der Waals surface area contributed by atoms with Crippen LogP contribution in [0.3, 0.4) is 0 Å². The number of carbonyl (C=O) groups excluding carboxylic acids is 1. The quantitative estimate of drug-likeness (QED) is 0.426. The second-order valence-corrected chi connectivity index (χ2v) is 13.1. The minimum Gasteiger partial charge on any atom is -0.435 e. The van der Waals surface area contributed by atoms with Crippen molar-refractivity contribution >= 4 is 5.97 Å². The number of carbonyl (C=O) groups is 1. The summed E-state index contributed by atoms with van der Waals surface area (Å²) in [5.41, 5.74) is -0.600. The van der Waals surface area contributed by atoms with Crippen LogP contribution < -0.4 is 0 Å². The lowest BCUT2D eigenvalue weighted by Gasteiger charge is -2.60. The van der Waals surface area contributed by atoms with Gasteiger partial charge in [-0.25, -0.2) is 9.78 Å². The van der Waals surface area contributed by atoms with Gasteiger partial charge in [-0.05, 0) is 99.7 Å². The van der Waals surface area contributed by atoms with Crippen LogP contribution in [-0.2, 0) is 28.8 Å². The van der Waals surface area contributed by atoms with Crippen molar-refractivity contribution in [1.29, 1.82) is 0 Å². The Morgan fingerprint density at radius 2 is 1.67 bits per heavy atom. The van der Waals surface area contributed by atoms with Crippen LogP contribution in [0.5, 0.6) is 0 Å². The predicted molar refractivity (Wildman–Crippen MR) is 118 cm³/mol. The molecule has 4 aliphatic heterocycles. The highest BCUT2D eigenvalue weighted by atomic mass is 17.3. The van der Waals surface area contributed by atoms with Gasteiger partial charge in [0.25, 0.3) is 0 Å². The van der Waals surface area contributed by atoms with Crippen molar-refractivity contribution in [2.75, 3.05) is 0 Å². The Labute approximate surface area is 197 Å². The second-order valence-electron chi connectivity index (χ2n) is 13.1. The van der Waals surface area contributed by atoms with Crippen molar-refractivity contribution in [2.24, 2.45) is 53.3 Å². The molecule has 8 atom stereocenters. The third-order valence-corrected chi connectivity index (χ3v) is 11.2. The van der Waals surface area contributed by atoms with Crippen molar-refractivity contribution < 1.29 is 28.8 Å². The molecular weight excluding hydrogens is 420 g/mol. The summed E-state index contributed by atoms with van der Waals surface area (Å²) in [6.45, 7) is 6.41. The van der Waals surface area contributed by atoms with E-state index in [4.69, 9.17) is 24.0 Å². The first kappa shape index (κ1) is 21.6. The fourth-order valence-electron chi connectivity index (χ4n) is 9.75. The molecule has 9 fully saturated rings. The molecule has 0 radical (unpaired) electrons. The molecule has 33 heavy (non-hydrogen) atoms. The van der Waals surface area contributed by atoms with Crippen LogP contribution >= 0.6 is 0 Å². The Bertz CT molecular complexity index is 786. The van der Waals surface area contributed by atoms with E-state index in [1.807, 2.05) is 6.92 Å². The molecule has 6 bridgehead atoms. The Balaban J connectivity index is 1.09. The third-order valence-electron chi connectivity index (χ3n) is 11.2. The van der Waals surface area contributed by atoms with Gasteiger partial charge < -0.3 is 14.2 Å². The van der Waals surface area contributed by atoms with E-state index >= 15 is 0 Å². The van der Waals surface area contributed by atoms with E-state index in [0.717, 1.165) is 49.4 Å². The maximum Gasteiger partial charge on any atom is 0.308 e. The minimum atomic E-state index is -0.799. The Morgan fingerprint density at radius 3 is 2.39 bits per heavy atom. The van der Waals surface area contributed by atoms with Gasteiger partial charge in [0.1, 0.15) is 0 Å². The van der Waals surface area contributed by atoms with Crippen LogP contribution in [0.25, 0.3) is 0 Å². The lowest BCUT2D eigenvalue weighted by molar-refractivity contribution is -0.576. The minimum absolute atomic E-state index is 0.0494. The van der Waals surface area contributed by atoms with Crippen molar-refractivity contribution in [1.82, 2.24) is 0 Å². The maximum absolute atomic E-state index is 13.2. The van der Waals surface area contributed by atoms with Crippen LogP contribution in [0.15, 0.2) is 0 Å². The van der Waals surface area contributed by atoms with Crippen molar-refractivity contribution in [2.45, 2.75) is 109 Å². The molecule has 9 rings (SSSR count). The predicted octanol–water partition coefficient (Wildman–Crippen LogP) is 5.20. The topological polar surface area (TPSA) is 63.2 Å². The molecule has 0 N–H and O–H groups in total. The zero-order chi connectivity index (χ0) is 22.5. The van der Waals surface area contributed by atoms with Crippen LogP contribution in [0.4, 0.5) is 0 Å². The number of rotatable bonds is 3. The molecule has 0 unspecified atom stereocenters. The number of hydrogen-bond acceptors (Lipinski definition) is 6. The molecule has 5 aliphatic carbocycles. The number of hydrogen-bond donors (Lipinski definition) is 0. The standard InChI is InChI=1S/C27H40O6/c1-14-4-5-22-15(2)24(30-25-27(22)21(14)6-7-26(3,31-25)32-33-27)29-23(28)13-20-18-9-16-8-17(11-18)12-19(20)10-16/h14-22,24-25H,4-13H2,1-3H3/t14-,15-,16?,17?,18?,19?,20?,21+,22+,24-,25-,26+,27-/m1/s1. The van der Waals surface area contributed by atoms with E-state index in [1.165, 1.54) is 32.1 Å². The van der Waals surface area contributed by atoms with Gasteiger partial charge in [0, 0.05) is 24.7 Å². The van der Waals surface area contributed by atoms with Crippen molar-refractivity contribution in [3.05, 3.63) is 0 Å². The van der Waals surface area contributed by atoms with Gasteiger partial charge in [-0.15, -0.1) is 0 Å². The molecule has 184 valence electrons. The summed E-state index contributed by atoms with van der Waals surface area (Å²) >= 11 is 0. The summed E-state index contributed by atoms with van der Waals surface area (Å²) in [5.74, 6) is 4.04. The molecule has 6 nitrogen and oxygen atoms in total. The summed E-state index contributed by atoms with van der Waals surface area (Å²) in [4.78, 5) is 25.3. The van der Waals surface area contributed by atoms with Crippen LogP contribution in [-0.4, -0.2) is 29.9 Å². The van der Waals surface area contributed by atoms with Gasteiger partial charge in [0.2, 0.25) is 12.1 Å². The summed E-state index contributed by atoms with van der Waals surface area (Å²) in [6, 6.07) is 0. The molecule has 5 saturated carbocycles. The first-order valence-corrected chi connectivity index (χ1v) is 13.7. The summed E-state index contributed by atoms with van der Waals surface area (Å²) < 4.78 is 19.0. The largest absolute Gasteiger partial charge is 0.435 e. The zero-order valence-corrected chi connectivity index (χ0v) is 20.4. The van der Waals surface area contributed by atoms with Crippen molar-refractivity contribution in [3.63, 3.8) is 0 Å². The van der Waals surface area contributed by atoms with Crippen molar-refractivity contribution in [3.8, 4) is 0 Å². The van der Waals surface area contributed by atoms with Gasteiger partial charge >= 0.3 is 5.97 Å². The molecular formula is C27H40O6. The van der Waals surface area contributed by atoms with E-state index in [-0.39, 0.29) is 17.8 Å². The first-order chi connectivity index (χ1) is 15.8. The monoisotopic (exact) mass is 460 g/mol. The molecule has 4 saturated heterocycles. The lowest BCUT2D eigenvalue weighted by Crippen LogP contribution is -2.70. The van der Waals surface area contributed by atoms with Gasteiger partial charge in [0.15, 0.2) is 11.9 Å². The average molecular weight is 461 g/mol. The SMILES string of the molecule is C[C@H]1[C@H](OC(=O)CC2C3CC4CC(C3)CC2C4)O[C@@H]2O[C@]3(C)CC[C@H]4[C@H](C)CC[C@@H]1[C@@]24OO3. The highest BCUT2D eigenvalue weighted by molar-refractivity contribution is 5.70. The normalized spacial score (nSPS) is 58.6. The number of fused-ring (bicyclic) bond motifs is 2. The summed E-state index contributed by atoms with van der Waals surface area (Å²) in [5, 5.41) is 0. The fourth-order valence-corrected chi connectivity index (χ4v) is 9.75. The molecule has 9 aliphatic rings. The fraction of sp³-hybridized carbons (Fsp3) is 0.963. The van der Waals surface area contributed by atoms with E-state index in [0.29, 0.717) is 24.2 Å². The first-order valence-electron chi connectivity index (χ1n) is 13.7. The second kappa shape index (κ2) is 7.41. The molecule has 0 aromatic heterocycles. The van der Waals surface area contributed by atoms with Crippen LogP contribution in [0.1, 0.15) is 85.0 Å². The zero-order valence-electron chi connectivity index (χ0n) is 20.4. The Hall–Kier alpha value is -0.690. The van der Waals surface area contributed by atoms with Gasteiger partial charge in [-0.2, -0.15) is 0 Å². The van der Waals surface area contributed by atoms with E-state index in [9.17, 15) is 4.79 Å². The Kier molecular flexibility index (Phi) is 4.85. The van der Waals surface area contributed by atoms with E-state index in [2.05, 4.69) is 13.8 Å². The van der Waals surface area contributed by atoms with Gasteiger partial charge in [0.05, 0.1) is 0 Å². The lowest BCUT2D eigenvalue weighted by atomic mass is 9.51. The average Bonchev–Trinajstić information content (AvgIpc) is 3.00. The molecule has 0 amide bonds. The van der Waals surface area contributed by atoms with E-state index < -0.39 is 24.0 Å². The van der Waals surface area contributed by atoms with E-state index in [1.54, 1.807) is 0 Å². The van der Waals surface area contributed by atoms with Gasteiger partial charge in [-0.1, -0.05) is 13.8 Å². The van der Waals surface area contributed by atoms with Crippen LogP contribution in [0, 0.1) is 53.3 Å². The molecule has 0 aromatic carbocycles. The van der Waals surface area contributed by atoms with Crippen LogP contribution in [0.2, 0.25) is 0 Å². The molecule has 0 aromatic rings. The third kappa shape index (κ3) is 3.16. The summed E-state index contributed by atoms with van der Waals surface area (Å²) in [6.07, 6.45) is 10.2. The smallest absolute Gasteiger partial charge is 0.308 e. The highest BCUT2D eigenvalue weighted by Crippen LogP contribution is 2.61. The highest BCUT2D eigenvalue weighted by Gasteiger charge is 2.69. The molecule has 1 spiro atoms. The number of esters is 1. The molecule has 6 heteroatoms. The maximum atomic E-state index is 13.2.